The van der Waals surface area contributed by atoms with Gasteiger partial charge in [0.2, 0.25) is 6.43 Å². The fraction of sp³-hybridized carbons (Fsp3) is 0.333. The van der Waals surface area contributed by atoms with Gasteiger partial charge in [0.15, 0.2) is 0 Å². The Labute approximate surface area is 158 Å². The molecule has 26 heavy (non-hydrogen) atoms. The lowest BCUT2D eigenvalue weighted by Gasteiger charge is -2.36. The monoisotopic (exact) mass is 376 g/mol. The lowest BCUT2D eigenvalue weighted by Crippen LogP contribution is -2.45. The van der Waals surface area contributed by atoms with Crippen LogP contribution in [0.4, 0.5) is 8.78 Å². The van der Waals surface area contributed by atoms with Crippen LogP contribution >= 0.6 is 12.4 Å². The molecule has 0 aliphatic carbocycles. The molecule has 1 N–H and O–H groups in total. The summed E-state index contributed by atoms with van der Waals surface area (Å²) >= 11 is 0. The van der Waals surface area contributed by atoms with Gasteiger partial charge in [-0.25, -0.2) is 8.78 Å². The summed E-state index contributed by atoms with van der Waals surface area (Å²) in [5, 5.41) is 7.73. The highest BCUT2D eigenvalue weighted by Crippen LogP contribution is 2.38. The number of hydrogen-bond donors (Lipinski definition) is 1. The molecule has 0 amide bonds. The van der Waals surface area contributed by atoms with Crippen molar-refractivity contribution >= 4 is 34.0 Å². The predicted molar refractivity (Wildman–Crippen MR) is 107 cm³/mol. The van der Waals surface area contributed by atoms with E-state index in [1.807, 2.05) is 24.3 Å². The molecule has 0 unspecified atom stereocenters. The van der Waals surface area contributed by atoms with Crippen LogP contribution in [-0.4, -0.2) is 37.5 Å². The molecule has 3 aromatic carbocycles. The van der Waals surface area contributed by atoms with Gasteiger partial charge in [-0.1, -0.05) is 48.5 Å². The Morgan fingerprint density at radius 3 is 1.96 bits per heavy atom. The van der Waals surface area contributed by atoms with Crippen LogP contribution in [0, 0.1) is 0 Å². The number of nitrogens with one attached hydrogen (secondary N) is 1. The molecule has 0 radical (unpaired) electrons. The lowest BCUT2D eigenvalue weighted by atomic mass is 9.90. The van der Waals surface area contributed by atoms with Gasteiger partial charge in [0.1, 0.15) is 0 Å². The molecule has 1 fully saturated rings. The zero-order valence-electron chi connectivity index (χ0n) is 14.5. The SMILES string of the molecule is Cl.FC(F)C[C@@H](c1c2ccccc2cc2ccccc12)N1CCNCC1. The summed E-state index contributed by atoms with van der Waals surface area (Å²) in [6, 6.07) is 18.2. The van der Waals surface area contributed by atoms with Gasteiger partial charge in [-0.05, 0) is 33.2 Å². The minimum Gasteiger partial charge on any atom is -0.314 e. The number of nitrogens with zero attached hydrogens (tertiary/aromatic N) is 1. The first-order valence-electron chi connectivity index (χ1n) is 8.87. The van der Waals surface area contributed by atoms with E-state index in [4.69, 9.17) is 0 Å². The van der Waals surface area contributed by atoms with Crippen LogP contribution in [-0.2, 0) is 0 Å². The summed E-state index contributed by atoms with van der Waals surface area (Å²) in [5.74, 6) is 0. The van der Waals surface area contributed by atoms with Crippen molar-refractivity contribution in [3.05, 3.63) is 60.2 Å². The molecule has 1 saturated heterocycles. The van der Waals surface area contributed by atoms with Crippen LogP contribution < -0.4 is 5.32 Å². The summed E-state index contributed by atoms with van der Waals surface area (Å²) in [5.41, 5.74) is 1.05. The van der Waals surface area contributed by atoms with E-state index < -0.39 is 6.43 Å². The van der Waals surface area contributed by atoms with E-state index in [0.29, 0.717) is 0 Å². The quantitative estimate of drug-likeness (QED) is 0.643. The Morgan fingerprint density at radius 1 is 0.885 bits per heavy atom. The Hall–Kier alpha value is -1.75. The number of hydrogen-bond acceptors (Lipinski definition) is 2. The van der Waals surface area contributed by atoms with Crippen molar-refractivity contribution in [1.29, 1.82) is 0 Å². The number of fused-ring (bicyclic) bond motifs is 2. The maximum absolute atomic E-state index is 13.5. The van der Waals surface area contributed by atoms with E-state index in [1.54, 1.807) is 0 Å². The molecule has 0 bridgehead atoms. The van der Waals surface area contributed by atoms with Crippen molar-refractivity contribution < 1.29 is 8.78 Å². The van der Waals surface area contributed by atoms with Gasteiger partial charge in [-0.15, -0.1) is 12.4 Å². The minimum atomic E-state index is -2.32. The highest BCUT2D eigenvalue weighted by Gasteiger charge is 2.28. The van der Waals surface area contributed by atoms with Gasteiger partial charge >= 0.3 is 0 Å². The summed E-state index contributed by atoms with van der Waals surface area (Å²) in [6.45, 7) is 3.30. The van der Waals surface area contributed by atoms with Crippen LogP contribution in [0.25, 0.3) is 21.5 Å². The highest BCUT2D eigenvalue weighted by atomic mass is 35.5. The Balaban J connectivity index is 0.00000196. The average molecular weight is 377 g/mol. The first-order chi connectivity index (χ1) is 12.2. The third-order valence-corrected chi connectivity index (χ3v) is 5.14. The van der Waals surface area contributed by atoms with Crippen molar-refractivity contribution in [2.24, 2.45) is 0 Å². The predicted octanol–water partition coefficient (Wildman–Crippen LogP) is 5.02. The van der Waals surface area contributed by atoms with Gasteiger partial charge in [0, 0.05) is 38.6 Å². The highest BCUT2D eigenvalue weighted by molar-refractivity contribution is 6.02. The molecule has 1 atom stereocenters. The van der Waals surface area contributed by atoms with E-state index in [1.165, 1.54) is 0 Å². The van der Waals surface area contributed by atoms with Gasteiger partial charge in [-0.2, -0.15) is 0 Å². The molecule has 5 heteroatoms. The standard InChI is InChI=1S/C21H22F2N2.ClH/c22-20(23)14-19(25-11-9-24-10-12-25)21-17-7-3-1-5-15(17)13-16-6-2-4-8-18(16)21;/h1-8,13,19-20,24H,9-12,14H2;1H/t19-;/m0./s1. The van der Waals surface area contributed by atoms with E-state index in [0.717, 1.165) is 53.3 Å². The fourth-order valence-corrected chi connectivity index (χ4v) is 4.02. The zero-order valence-corrected chi connectivity index (χ0v) is 15.3. The number of rotatable bonds is 4. The maximum atomic E-state index is 13.5. The molecular formula is C21H23ClF2N2. The topological polar surface area (TPSA) is 15.3 Å². The molecule has 0 saturated carbocycles. The number of piperazine rings is 1. The lowest BCUT2D eigenvalue weighted by molar-refractivity contribution is 0.0750. The largest absolute Gasteiger partial charge is 0.314 e. The molecule has 0 aromatic heterocycles. The van der Waals surface area contributed by atoms with Crippen LogP contribution in [0.5, 0.6) is 0 Å². The molecule has 3 aromatic rings. The summed E-state index contributed by atoms with van der Waals surface area (Å²) < 4.78 is 27.0. The second-order valence-corrected chi connectivity index (χ2v) is 6.66. The smallest absolute Gasteiger partial charge is 0.240 e. The van der Waals surface area contributed by atoms with Gasteiger partial charge < -0.3 is 5.32 Å². The Kier molecular flexibility index (Phi) is 6.07. The second kappa shape index (κ2) is 8.30. The number of alkyl halides is 2. The summed E-state index contributed by atoms with van der Waals surface area (Å²) in [7, 11) is 0. The first kappa shape index (κ1) is 19.0. The second-order valence-electron chi connectivity index (χ2n) is 6.66. The summed E-state index contributed by atoms with van der Waals surface area (Å²) in [6.07, 6.45) is -2.45. The van der Waals surface area contributed by atoms with Crippen LogP contribution in [0.2, 0.25) is 0 Å². The normalized spacial score (nSPS) is 16.7. The molecular weight excluding hydrogens is 354 g/mol. The zero-order chi connectivity index (χ0) is 17.2. The molecule has 0 spiro atoms. The minimum absolute atomic E-state index is 0. The van der Waals surface area contributed by atoms with Crippen molar-refractivity contribution in [3.63, 3.8) is 0 Å². The van der Waals surface area contributed by atoms with E-state index in [-0.39, 0.29) is 24.9 Å². The van der Waals surface area contributed by atoms with Crippen molar-refractivity contribution in [1.82, 2.24) is 10.2 Å². The van der Waals surface area contributed by atoms with Gasteiger partial charge in [-0.3, -0.25) is 4.90 Å². The Bertz CT molecular complexity index is 824. The molecule has 1 aliphatic heterocycles. The van der Waals surface area contributed by atoms with E-state index in [9.17, 15) is 8.78 Å². The average Bonchev–Trinajstić information content (AvgIpc) is 2.65. The van der Waals surface area contributed by atoms with Crippen LogP contribution in [0.1, 0.15) is 18.0 Å². The van der Waals surface area contributed by atoms with Gasteiger partial charge in [0.05, 0.1) is 0 Å². The maximum Gasteiger partial charge on any atom is 0.240 e. The molecule has 2 nitrogen and oxygen atoms in total. The number of benzene rings is 3. The fourth-order valence-electron chi connectivity index (χ4n) is 4.02. The molecule has 1 aliphatic rings. The van der Waals surface area contributed by atoms with Crippen LogP contribution in [0.15, 0.2) is 54.6 Å². The summed E-state index contributed by atoms with van der Waals surface area (Å²) in [4.78, 5) is 2.22. The van der Waals surface area contributed by atoms with E-state index in [2.05, 4.69) is 40.5 Å². The van der Waals surface area contributed by atoms with Gasteiger partial charge in [0.25, 0.3) is 0 Å². The third-order valence-electron chi connectivity index (χ3n) is 5.14. The van der Waals surface area contributed by atoms with Crippen molar-refractivity contribution in [3.8, 4) is 0 Å². The molecule has 4 rings (SSSR count). The Morgan fingerprint density at radius 2 is 1.42 bits per heavy atom. The van der Waals surface area contributed by atoms with Crippen LogP contribution in [0.3, 0.4) is 0 Å². The molecule has 1 heterocycles. The first-order valence-corrected chi connectivity index (χ1v) is 8.87. The molecule has 138 valence electrons. The number of halogens is 3. The third kappa shape index (κ3) is 3.68. The van der Waals surface area contributed by atoms with Crippen molar-refractivity contribution in [2.45, 2.75) is 18.9 Å². The van der Waals surface area contributed by atoms with E-state index >= 15 is 0 Å². The van der Waals surface area contributed by atoms with Crippen molar-refractivity contribution in [2.75, 3.05) is 26.2 Å².